The monoisotopic (exact) mass is 345 g/mol. The average molecular weight is 345 g/mol. The highest BCUT2D eigenvalue weighted by Gasteiger charge is 2.19. The second-order valence-corrected chi connectivity index (χ2v) is 6.26. The first-order chi connectivity index (χ1) is 12.5. The molecule has 0 aliphatic carbocycles. The Labute approximate surface area is 149 Å². The van der Waals surface area contributed by atoms with Crippen LogP contribution >= 0.6 is 0 Å². The molecule has 0 atom stereocenters. The van der Waals surface area contributed by atoms with Gasteiger partial charge in [-0.25, -0.2) is 9.37 Å². The van der Waals surface area contributed by atoms with Gasteiger partial charge >= 0.3 is 0 Å². The highest BCUT2D eigenvalue weighted by molar-refractivity contribution is 6.16. The molecule has 0 fully saturated rings. The molecule has 2 aromatic carbocycles. The molecule has 0 aliphatic heterocycles. The summed E-state index contributed by atoms with van der Waals surface area (Å²) < 4.78 is 14.1. The van der Waals surface area contributed by atoms with E-state index in [0.29, 0.717) is 22.3 Å². The van der Waals surface area contributed by atoms with E-state index in [1.807, 2.05) is 31.2 Å². The summed E-state index contributed by atoms with van der Waals surface area (Å²) in [5.41, 5.74) is 10.1. The molecule has 0 radical (unpaired) electrons. The number of hydrogen-bond acceptors (Lipinski definition) is 3. The van der Waals surface area contributed by atoms with Crippen LogP contribution < -0.4 is 5.73 Å². The third-order valence-electron chi connectivity index (χ3n) is 4.36. The fraction of sp³-hybridized carbons (Fsp3) is 0.0476. The summed E-state index contributed by atoms with van der Waals surface area (Å²) in [5, 5.41) is 0.649. The number of benzene rings is 2. The molecule has 3 N–H and O–H groups in total. The Bertz CT molecular complexity index is 1150. The van der Waals surface area contributed by atoms with E-state index < -0.39 is 5.82 Å². The number of aromatic amines is 1. The summed E-state index contributed by atoms with van der Waals surface area (Å²) in [5.74, 6) is -0.904. The lowest BCUT2D eigenvalue weighted by Crippen LogP contribution is -2.04. The van der Waals surface area contributed by atoms with Gasteiger partial charge in [0.15, 0.2) is 5.78 Å². The summed E-state index contributed by atoms with van der Waals surface area (Å²) in [6.07, 6.45) is 3.29. The van der Waals surface area contributed by atoms with E-state index in [9.17, 15) is 9.18 Å². The molecule has 4 nitrogen and oxygen atoms in total. The van der Waals surface area contributed by atoms with Gasteiger partial charge in [0.2, 0.25) is 0 Å². The van der Waals surface area contributed by atoms with Gasteiger partial charge < -0.3 is 10.7 Å². The second kappa shape index (κ2) is 6.11. The summed E-state index contributed by atoms with van der Waals surface area (Å²) in [6.45, 7) is 1.82. The molecular weight excluding hydrogens is 329 g/mol. The Morgan fingerprint density at radius 3 is 2.73 bits per heavy atom. The number of H-pyrrole nitrogens is 1. The topological polar surface area (TPSA) is 71.8 Å². The first kappa shape index (κ1) is 16.0. The van der Waals surface area contributed by atoms with Crippen LogP contribution in [0.3, 0.4) is 0 Å². The maximum atomic E-state index is 14.1. The molecule has 0 bridgehead atoms. The number of carbonyl (C=O) groups is 1. The van der Waals surface area contributed by atoms with Crippen molar-refractivity contribution in [2.24, 2.45) is 0 Å². The Balaban J connectivity index is 1.85. The van der Waals surface area contributed by atoms with Crippen LogP contribution in [-0.4, -0.2) is 15.8 Å². The number of nitrogens with zero attached hydrogens (tertiary/aromatic N) is 1. The number of nitrogens with one attached hydrogen (secondary N) is 1. The zero-order valence-electron chi connectivity index (χ0n) is 14.1. The zero-order valence-corrected chi connectivity index (χ0v) is 14.1. The standard InChI is InChI=1S/C21H16FN3O/c1-12-5-6-19(22)17(7-12)20(26)18-11-25-21-16(18)9-14(10-24-21)13-3-2-4-15(23)8-13/h2-11H,23H2,1H3,(H,24,25). The normalized spacial score (nSPS) is 11.0. The minimum Gasteiger partial charge on any atom is -0.399 e. The van der Waals surface area contributed by atoms with Crippen molar-refractivity contribution in [3.05, 3.63) is 83.4 Å². The molecule has 26 heavy (non-hydrogen) atoms. The van der Waals surface area contributed by atoms with Gasteiger partial charge in [-0.05, 0) is 42.8 Å². The fourth-order valence-electron chi connectivity index (χ4n) is 3.03. The van der Waals surface area contributed by atoms with Crippen LogP contribution in [0.1, 0.15) is 21.5 Å². The number of hydrogen-bond donors (Lipinski definition) is 2. The number of pyridine rings is 1. The molecule has 0 amide bonds. The van der Waals surface area contributed by atoms with E-state index in [0.717, 1.165) is 16.7 Å². The van der Waals surface area contributed by atoms with Crippen molar-refractivity contribution in [3.63, 3.8) is 0 Å². The van der Waals surface area contributed by atoms with Gasteiger partial charge in [0.25, 0.3) is 0 Å². The Morgan fingerprint density at radius 2 is 1.92 bits per heavy atom. The predicted molar refractivity (Wildman–Crippen MR) is 101 cm³/mol. The Kier molecular flexibility index (Phi) is 3.77. The van der Waals surface area contributed by atoms with E-state index in [-0.39, 0.29) is 11.3 Å². The summed E-state index contributed by atoms with van der Waals surface area (Å²) in [6, 6.07) is 13.8. The zero-order chi connectivity index (χ0) is 18.3. The number of rotatable bonds is 3. The van der Waals surface area contributed by atoms with Crippen molar-refractivity contribution in [2.45, 2.75) is 6.92 Å². The summed E-state index contributed by atoms with van der Waals surface area (Å²) in [7, 11) is 0. The molecule has 4 aromatic rings. The first-order valence-corrected chi connectivity index (χ1v) is 8.17. The number of aromatic nitrogens is 2. The number of nitrogens with two attached hydrogens (primary N) is 1. The van der Waals surface area contributed by atoms with Crippen molar-refractivity contribution in [1.29, 1.82) is 0 Å². The number of halogens is 1. The van der Waals surface area contributed by atoms with E-state index in [1.54, 1.807) is 30.6 Å². The highest BCUT2D eigenvalue weighted by Crippen LogP contribution is 2.27. The van der Waals surface area contributed by atoms with E-state index in [4.69, 9.17) is 5.73 Å². The number of fused-ring (bicyclic) bond motifs is 1. The van der Waals surface area contributed by atoms with Crippen molar-refractivity contribution < 1.29 is 9.18 Å². The first-order valence-electron chi connectivity index (χ1n) is 8.17. The average Bonchev–Trinajstić information content (AvgIpc) is 3.06. The summed E-state index contributed by atoms with van der Waals surface area (Å²) >= 11 is 0. The highest BCUT2D eigenvalue weighted by atomic mass is 19.1. The van der Waals surface area contributed by atoms with Crippen LogP contribution in [0.5, 0.6) is 0 Å². The van der Waals surface area contributed by atoms with Crippen LogP contribution in [0.4, 0.5) is 10.1 Å². The Hall–Kier alpha value is -3.47. The van der Waals surface area contributed by atoms with Crippen LogP contribution in [0.15, 0.2) is 60.9 Å². The van der Waals surface area contributed by atoms with Crippen molar-refractivity contribution in [2.75, 3.05) is 5.73 Å². The molecule has 5 heteroatoms. The molecule has 0 aliphatic rings. The third-order valence-corrected chi connectivity index (χ3v) is 4.36. The third kappa shape index (κ3) is 2.73. The predicted octanol–water partition coefficient (Wildman–Crippen LogP) is 4.49. The molecule has 128 valence electrons. The van der Waals surface area contributed by atoms with Gasteiger partial charge in [-0.3, -0.25) is 4.79 Å². The van der Waals surface area contributed by atoms with E-state index in [1.165, 1.54) is 6.07 Å². The largest absolute Gasteiger partial charge is 0.399 e. The minimum atomic E-state index is -0.533. The quantitative estimate of drug-likeness (QED) is 0.424. The lowest BCUT2D eigenvalue weighted by molar-refractivity contribution is 0.103. The minimum absolute atomic E-state index is 0.0558. The Morgan fingerprint density at radius 1 is 1.08 bits per heavy atom. The SMILES string of the molecule is Cc1ccc(F)c(C(=O)c2c[nH]c3ncc(-c4cccc(N)c4)cc23)c1. The number of anilines is 1. The maximum Gasteiger partial charge on any atom is 0.198 e. The lowest BCUT2D eigenvalue weighted by atomic mass is 9.99. The van der Waals surface area contributed by atoms with E-state index >= 15 is 0 Å². The van der Waals surface area contributed by atoms with Crippen molar-refractivity contribution in [1.82, 2.24) is 9.97 Å². The molecule has 2 aromatic heterocycles. The van der Waals surface area contributed by atoms with Gasteiger partial charge in [0, 0.05) is 34.6 Å². The van der Waals surface area contributed by atoms with Crippen molar-refractivity contribution >= 4 is 22.5 Å². The number of carbonyl (C=O) groups excluding carboxylic acids is 1. The van der Waals surface area contributed by atoms with Crippen LogP contribution in [0.25, 0.3) is 22.2 Å². The molecule has 0 saturated carbocycles. The number of nitrogen functional groups attached to an aromatic ring is 1. The number of ketones is 1. The van der Waals surface area contributed by atoms with Gasteiger partial charge in [-0.1, -0.05) is 23.8 Å². The van der Waals surface area contributed by atoms with Crippen LogP contribution in [0.2, 0.25) is 0 Å². The van der Waals surface area contributed by atoms with E-state index in [2.05, 4.69) is 9.97 Å². The lowest BCUT2D eigenvalue weighted by Gasteiger charge is -2.05. The fourth-order valence-corrected chi connectivity index (χ4v) is 3.03. The van der Waals surface area contributed by atoms with Gasteiger partial charge in [0.05, 0.1) is 5.56 Å². The smallest absolute Gasteiger partial charge is 0.198 e. The molecule has 2 heterocycles. The van der Waals surface area contributed by atoms with Gasteiger partial charge in [0.1, 0.15) is 11.5 Å². The van der Waals surface area contributed by atoms with Crippen molar-refractivity contribution in [3.8, 4) is 11.1 Å². The van der Waals surface area contributed by atoms with Crippen LogP contribution in [0, 0.1) is 12.7 Å². The van der Waals surface area contributed by atoms with Gasteiger partial charge in [-0.15, -0.1) is 0 Å². The molecule has 0 spiro atoms. The maximum absolute atomic E-state index is 14.1. The summed E-state index contributed by atoms with van der Waals surface area (Å²) in [4.78, 5) is 20.3. The molecule has 0 saturated heterocycles. The van der Waals surface area contributed by atoms with Crippen LogP contribution in [-0.2, 0) is 0 Å². The molecule has 4 rings (SSSR count). The second-order valence-electron chi connectivity index (χ2n) is 6.26. The molecule has 0 unspecified atom stereocenters. The molecular formula is C21H16FN3O. The number of aryl methyl sites for hydroxylation is 1. The van der Waals surface area contributed by atoms with Gasteiger partial charge in [-0.2, -0.15) is 0 Å².